The van der Waals surface area contributed by atoms with Gasteiger partial charge in [0.2, 0.25) is 11.8 Å². The van der Waals surface area contributed by atoms with Crippen LogP contribution in [0.3, 0.4) is 0 Å². The van der Waals surface area contributed by atoms with Crippen LogP contribution in [0.1, 0.15) is 0 Å². The summed E-state index contributed by atoms with van der Waals surface area (Å²) in [7, 11) is 0. The lowest BCUT2D eigenvalue weighted by Crippen LogP contribution is -2.17. The van der Waals surface area contributed by atoms with Gasteiger partial charge in [-0.15, -0.1) is 0 Å². The van der Waals surface area contributed by atoms with E-state index in [1.165, 1.54) is 6.07 Å². The van der Waals surface area contributed by atoms with Crippen LogP contribution in [0.25, 0.3) is 0 Å². The molecule has 1 aromatic heterocycles. The van der Waals surface area contributed by atoms with E-state index in [4.69, 9.17) is 17.3 Å². The van der Waals surface area contributed by atoms with Crippen LogP contribution in [0.15, 0.2) is 6.07 Å². The maximum absolute atomic E-state index is 12.8. The number of halogens is 3. The molecule has 0 radical (unpaired) electrons. The van der Waals surface area contributed by atoms with Crippen molar-refractivity contribution in [1.29, 1.82) is 0 Å². The first kappa shape index (κ1) is 10.5. The van der Waals surface area contributed by atoms with Gasteiger partial charge < -0.3 is 10.5 Å². The molecule has 0 aromatic carbocycles. The van der Waals surface area contributed by atoms with Gasteiger partial charge in [-0.3, -0.25) is 0 Å². The Morgan fingerprint density at radius 1 is 1.77 bits per heavy atom. The van der Waals surface area contributed by atoms with E-state index >= 15 is 0 Å². The lowest BCUT2D eigenvalue weighted by atomic mass is 10.5. The lowest BCUT2D eigenvalue weighted by Gasteiger charge is -2.01. The van der Waals surface area contributed by atoms with Crippen LogP contribution < -0.4 is 10.5 Å². The molecule has 7 heteroatoms. The van der Waals surface area contributed by atoms with Crippen LogP contribution >= 0.6 is 34.2 Å². The molecule has 0 atom stereocenters. The number of aromatic nitrogens is 1. The first-order chi connectivity index (χ1) is 6.00. The van der Waals surface area contributed by atoms with Gasteiger partial charge in [-0.05, 0) is 22.6 Å². The van der Waals surface area contributed by atoms with Gasteiger partial charge >= 0.3 is 6.09 Å². The van der Waals surface area contributed by atoms with Gasteiger partial charge in [0, 0.05) is 9.64 Å². The highest BCUT2D eigenvalue weighted by Gasteiger charge is 2.10. The third kappa shape index (κ3) is 2.66. The zero-order chi connectivity index (χ0) is 10.0. The molecule has 0 saturated carbocycles. The first-order valence-corrected chi connectivity index (χ1v) is 4.45. The van der Waals surface area contributed by atoms with Crippen molar-refractivity contribution in [2.45, 2.75) is 0 Å². The van der Waals surface area contributed by atoms with Gasteiger partial charge in [-0.1, -0.05) is 11.6 Å². The van der Waals surface area contributed by atoms with Crippen molar-refractivity contribution in [3.05, 3.63) is 20.6 Å². The molecular formula is C6H3ClFIN2O2. The minimum Gasteiger partial charge on any atom is -0.391 e. The van der Waals surface area contributed by atoms with Crippen LogP contribution in [0.4, 0.5) is 9.18 Å². The molecule has 0 saturated heterocycles. The highest BCUT2D eigenvalue weighted by molar-refractivity contribution is 14.1. The smallest absolute Gasteiger partial charge is 0.391 e. The summed E-state index contributed by atoms with van der Waals surface area (Å²) < 4.78 is 17.6. The fraction of sp³-hybridized carbons (Fsp3) is 0. The molecule has 0 bridgehead atoms. The number of rotatable bonds is 1. The molecule has 70 valence electrons. The van der Waals surface area contributed by atoms with Crippen molar-refractivity contribution in [2.24, 2.45) is 5.73 Å². The zero-order valence-electron chi connectivity index (χ0n) is 6.05. The Bertz CT molecular complexity index is 337. The summed E-state index contributed by atoms with van der Waals surface area (Å²) in [5.74, 6) is -1.11. The average Bonchev–Trinajstić information content (AvgIpc) is 1.98. The second-order valence-corrected chi connectivity index (χ2v) is 3.51. The quantitative estimate of drug-likeness (QED) is 0.636. The number of nitrogens with zero attached hydrogens (tertiary/aromatic N) is 1. The number of ether oxygens (including phenoxy) is 1. The van der Waals surface area contributed by atoms with Gasteiger partial charge in [-0.25, -0.2) is 4.79 Å². The second-order valence-electron chi connectivity index (χ2n) is 1.97. The third-order valence-corrected chi connectivity index (χ3v) is 2.58. The minimum atomic E-state index is -1.05. The summed E-state index contributed by atoms with van der Waals surface area (Å²) in [4.78, 5) is 13.5. The molecule has 0 aliphatic carbocycles. The fourth-order valence-electron chi connectivity index (χ4n) is 0.604. The highest BCUT2D eigenvalue weighted by atomic mass is 127. The summed E-state index contributed by atoms with van der Waals surface area (Å²) in [5.41, 5.74) is 4.70. The normalized spacial score (nSPS) is 9.77. The standard InChI is InChI=1S/C6H3ClFIN2O2/c7-4-2(9)1-3(11-5(4)8)13-6(10)12/h1H,(H2,10,12). The number of carbonyl (C=O) groups excluding carboxylic acids is 1. The highest BCUT2D eigenvalue weighted by Crippen LogP contribution is 2.24. The molecule has 13 heavy (non-hydrogen) atoms. The van der Waals surface area contributed by atoms with E-state index in [1.54, 1.807) is 22.6 Å². The molecule has 0 aliphatic rings. The Morgan fingerprint density at radius 2 is 2.38 bits per heavy atom. The number of pyridine rings is 1. The molecule has 1 amide bonds. The molecular weight excluding hydrogens is 313 g/mol. The van der Waals surface area contributed by atoms with E-state index in [-0.39, 0.29) is 10.9 Å². The van der Waals surface area contributed by atoms with E-state index in [0.29, 0.717) is 3.57 Å². The van der Waals surface area contributed by atoms with E-state index in [0.717, 1.165) is 0 Å². The second kappa shape index (κ2) is 4.05. The van der Waals surface area contributed by atoms with Gasteiger partial charge in [0.15, 0.2) is 0 Å². The Morgan fingerprint density at radius 3 is 2.85 bits per heavy atom. The predicted molar refractivity (Wildman–Crippen MR) is 52.1 cm³/mol. The van der Waals surface area contributed by atoms with Crippen LogP contribution in [-0.4, -0.2) is 11.1 Å². The molecule has 0 unspecified atom stereocenters. The fourth-order valence-corrected chi connectivity index (χ4v) is 1.19. The van der Waals surface area contributed by atoms with Gasteiger partial charge in [0.05, 0.1) is 0 Å². The van der Waals surface area contributed by atoms with Crippen molar-refractivity contribution in [2.75, 3.05) is 0 Å². The third-order valence-electron chi connectivity index (χ3n) is 1.05. The number of nitrogens with two attached hydrogens (primary N) is 1. The molecule has 2 N–H and O–H groups in total. The van der Waals surface area contributed by atoms with Crippen LogP contribution in [0.2, 0.25) is 5.02 Å². The van der Waals surface area contributed by atoms with Crippen molar-refractivity contribution < 1.29 is 13.9 Å². The Balaban J connectivity index is 3.06. The van der Waals surface area contributed by atoms with E-state index < -0.39 is 12.0 Å². The average molecular weight is 316 g/mol. The molecule has 1 rings (SSSR count). The topological polar surface area (TPSA) is 65.2 Å². The molecule has 4 nitrogen and oxygen atoms in total. The monoisotopic (exact) mass is 316 g/mol. The molecule has 1 heterocycles. The SMILES string of the molecule is NC(=O)Oc1cc(I)c(Cl)c(F)n1. The van der Waals surface area contributed by atoms with Gasteiger partial charge in [-0.2, -0.15) is 9.37 Å². The van der Waals surface area contributed by atoms with Crippen LogP contribution in [0, 0.1) is 9.52 Å². The van der Waals surface area contributed by atoms with Crippen molar-refractivity contribution in [3.8, 4) is 5.88 Å². The van der Waals surface area contributed by atoms with E-state index in [2.05, 4.69) is 9.72 Å². The van der Waals surface area contributed by atoms with Crippen molar-refractivity contribution >= 4 is 40.3 Å². The number of hydrogen-bond acceptors (Lipinski definition) is 3. The van der Waals surface area contributed by atoms with Gasteiger partial charge in [0.25, 0.3) is 0 Å². The van der Waals surface area contributed by atoms with E-state index in [9.17, 15) is 9.18 Å². The molecule has 0 aliphatic heterocycles. The summed E-state index contributed by atoms with van der Waals surface area (Å²) in [6.45, 7) is 0. The first-order valence-electron chi connectivity index (χ1n) is 2.99. The number of primary amides is 1. The van der Waals surface area contributed by atoms with Crippen LogP contribution in [0.5, 0.6) is 5.88 Å². The minimum absolute atomic E-state index is 0.113. The molecule has 1 aromatic rings. The Labute approximate surface area is 91.4 Å². The summed E-state index contributed by atoms with van der Waals surface area (Å²) in [6, 6.07) is 1.30. The predicted octanol–water partition coefficient (Wildman–Crippen LogP) is 1.94. The zero-order valence-corrected chi connectivity index (χ0v) is 8.97. The molecule has 0 fully saturated rings. The summed E-state index contributed by atoms with van der Waals surface area (Å²) in [6.07, 6.45) is -1.05. The largest absolute Gasteiger partial charge is 0.411 e. The maximum atomic E-state index is 12.8. The Hall–Kier alpha value is -0.630. The van der Waals surface area contributed by atoms with Crippen LogP contribution in [-0.2, 0) is 0 Å². The summed E-state index contributed by atoms with van der Waals surface area (Å²) >= 11 is 7.25. The number of amides is 1. The lowest BCUT2D eigenvalue weighted by molar-refractivity contribution is 0.208. The summed E-state index contributed by atoms with van der Waals surface area (Å²) in [5, 5.41) is -0.113. The van der Waals surface area contributed by atoms with E-state index in [1.807, 2.05) is 0 Å². The maximum Gasteiger partial charge on any atom is 0.411 e. The Kier molecular flexibility index (Phi) is 3.26. The van der Waals surface area contributed by atoms with Gasteiger partial charge in [0.1, 0.15) is 5.02 Å². The van der Waals surface area contributed by atoms with Crippen molar-refractivity contribution in [1.82, 2.24) is 4.98 Å². The van der Waals surface area contributed by atoms with Crippen molar-refractivity contribution in [3.63, 3.8) is 0 Å². The molecule has 0 spiro atoms. The number of hydrogen-bond donors (Lipinski definition) is 1. The number of carbonyl (C=O) groups is 1.